The molecule has 0 amide bonds. The number of carbonyl (C=O) groups excluding carboxylic acids is 2. The van der Waals surface area contributed by atoms with E-state index >= 15 is 0 Å². The first kappa shape index (κ1) is 23.4. The van der Waals surface area contributed by atoms with Crippen molar-refractivity contribution in [3.05, 3.63) is 51.7 Å². The maximum absolute atomic E-state index is 13.1. The van der Waals surface area contributed by atoms with E-state index in [9.17, 15) is 9.59 Å². The lowest BCUT2D eigenvalue weighted by molar-refractivity contribution is 0.0504. The second kappa shape index (κ2) is 11.4. The number of hydrogen-bond donors (Lipinski definition) is 0. The highest BCUT2D eigenvalue weighted by Crippen LogP contribution is 2.35. The van der Waals surface area contributed by atoms with Crippen LogP contribution in [-0.4, -0.2) is 28.4 Å². The van der Waals surface area contributed by atoms with Crippen LogP contribution in [0.25, 0.3) is 11.3 Å². The Hall–Kier alpha value is -1.85. The monoisotopic (exact) mass is 433 g/mol. The number of rotatable bonds is 9. The van der Waals surface area contributed by atoms with Crippen molar-refractivity contribution in [3.63, 3.8) is 0 Å². The van der Waals surface area contributed by atoms with Gasteiger partial charge in [-0.05, 0) is 37.3 Å². The van der Waals surface area contributed by atoms with Crippen molar-refractivity contribution in [2.75, 3.05) is 12.4 Å². The third kappa shape index (κ3) is 5.40. The summed E-state index contributed by atoms with van der Waals surface area (Å²) in [5.41, 5.74) is 3.45. The van der Waals surface area contributed by atoms with Crippen molar-refractivity contribution in [2.45, 2.75) is 53.4 Å². The molecule has 0 saturated heterocycles. The standard InChI is InChI=1S/C23H28ClNO3S/c1-5-13-28-22(26)20-15(7-3)19(23(27)29-14-6-2)18(8-4)25-21(20)16-11-9-10-12-17(16)24/h9-12H,5-8,13-14H2,1-4H3. The van der Waals surface area contributed by atoms with Crippen LogP contribution in [0.4, 0.5) is 0 Å². The third-order valence-corrected chi connectivity index (χ3v) is 5.88. The summed E-state index contributed by atoms with van der Waals surface area (Å²) >= 11 is 7.71. The average molecular weight is 434 g/mol. The van der Waals surface area contributed by atoms with E-state index in [0.717, 1.165) is 12.2 Å². The maximum Gasteiger partial charge on any atom is 0.340 e. The minimum absolute atomic E-state index is 0.0386. The van der Waals surface area contributed by atoms with E-state index in [0.29, 0.717) is 64.5 Å². The SMILES string of the molecule is CCCOC(=O)c1c(-c2ccccc2Cl)nc(CC)c(C(=O)SCCC)c1CC. The lowest BCUT2D eigenvalue weighted by Crippen LogP contribution is -2.18. The minimum atomic E-state index is -0.455. The van der Waals surface area contributed by atoms with E-state index < -0.39 is 5.97 Å². The second-order valence-electron chi connectivity index (χ2n) is 6.59. The van der Waals surface area contributed by atoms with Crippen LogP contribution in [-0.2, 0) is 17.6 Å². The van der Waals surface area contributed by atoms with Gasteiger partial charge in [-0.3, -0.25) is 9.78 Å². The van der Waals surface area contributed by atoms with E-state index in [1.54, 1.807) is 6.07 Å². The smallest absolute Gasteiger partial charge is 0.340 e. The largest absolute Gasteiger partial charge is 0.462 e. The first-order valence-corrected chi connectivity index (χ1v) is 11.5. The van der Waals surface area contributed by atoms with E-state index in [1.807, 2.05) is 45.9 Å². The number of thioether (sulfide) groups is 1. The second-order valence-corrected chi connectivity index (χ2v) is 8.07. The molecule has 0 radical (unpaired) electrons. The zero-order chi connectivity index (χ0) is 21.4. The van der Waals surface area contributed by atoms with Crippen LogP contribution in [0.2, 0.25) is 5.02 Å². The maximum atomic E-state index is 13.1. The molecule has 2 rings (SSSR count). The Bertz CT molecular complexity index is 883. The molecule has 156 valence electrons. The van der Waals surface area contributed by atoms with Gasteiger partial charge in [0.15, 0.2) is 0 Å². The molecule has 1 aromatic heterocycles. The lowest BCUT2D eigenvalue weighted by atomic mass is 9.93. The molecule has 0 atom stereocenters. The molecule has 0 aliphatic rings. The molecule has 1 aromatic carbocycles. The van der Waals surface area contributed by atoms with Gasteiger partial charge in [-0.2, -0.15) is 0 Å². The van der Waals surface area contributed by atoms with Gasteiger partial charge in [-0.25, -0.2) is 4.79 Å². The van der Waals surface area contributed by atoms with E-state index in [4.69, 9.17) is 21.3 Å². The van der Waals surface area contributed by atoms with Crippen molar-refractivity contribution in [1.82, 2.24) is 4.98 Å². The molecule has 29 heavy (non-hydrogen) atoms. The Balaban J connectivity index is 2.81. The van der Waals surface area contributed by atoms with Gasteiger partial charge in [-0.1, -0.05) is 69.3 Å². The normalized spacial score (nSPS) is 10.8. The zero-order valence-corrected chi connectivity index (χ0v) is 19.1. The van der Waals surface area contributed by atoms with Crippen LogP contribution in [0.5, 0.6) is 0 Å². The van der Waals surface area contributed by atoms with Crippen LogP contribution < -0.4 is 0 Å². The van der Waals surface area contributed by atoms with Gasteiger partial charge in [0, 0.05) is 16.3 Å². The topological polar surface area (TPSA) is 56.3 Å². The van der Waals surface area contributed by atoms with Gasteiger partial charge in [0.25, 0.3) is 0 Å². The molecule has 6 heteroatoms. The van der Waals surface area contributed by atoms with Gasteiger partial charge >= 0.3 is 5.97 Å². The lowest BCUT2D eigenvalue weighted by Gasteiger charge is -2.19. The molecule has 0 N–H and O–H groups in total. The van der Waals surface area contributed by atoms with Crippen molar-refractivity contribution in [3.8, 4) is 11.3 Å². The van der Waals surface area contributed by atoms with Crippen molar-refractivity contribution >= 4 is 34.4 Å². The Kier molecular flexibility index (Phi) is 9.18. The van der Waals surface area contributed by atoms with Crippen LogP contribution in [0, 0.1) is 0 Å². The fourth-order valence-electron chi connectivity index (χ4n) is 3.14. The van der Waals surface area contributed by atoms with Gasteiger partial charge in [0.1, 0.15) is 0 Å². The highest BCUT2D eigenvalue weighted by Gasteiger charge is 2.28. The first-order chi connectivity index (χ1) is 14.0. The highest BCUT2D eigenvalue weighted by molar-refractivity contribution is 8.14. The molecule has 4 nitrogen and oxygen atoms in total. The van der Waals surface area contributed by atoms with Gasteiger partial charge in [-0.15, -0.1) is 0 Å². The molecular formula is C23H28ClNO3S. The van der Waals surface area contributed by atoms with Crippen LogP contribution in [0.1, 0.15) is 72.5 Å². The van der Waals surface area contributed by atoms with E-state index in [-0.39, 0.29) is 5.12 Å². The van der Waals surface area contributed by atoms with Crippen molar-refractivity contribution in [2.24, 2.45) is 0 Å². The Morgan fingerprint density at radius 1 is 1.03 bits per heavy atom. The third-order valence-electron chi connectivity index (χ3n) is 4.48. The number of hydrogen-bond acceptors (Lipinski definition) is 5. The summed E-state index contributed by atoms with van der Waals surface area (Å²) in [7, 11) is 0. The molecule has 0 unspecified atom stereocenters. The van der Waals surface area contributed by atoms with Gasteiger partial charge < -0.3 is 4.74 Å². The molecule has 1 heterocycles. The molecule has 0 bridgehead atoms. The predicted octanol–water partition coefficient (Wildman–Crippen LogP) is 6.38. The van der Waals surface area contributed by atoms with Crippen molar-refractivity contribution in [1.29, 1.82) is 0 Å². The van der Waals surface area contributed by atoms with E-state index in [1.165, 1.54) is 11.8 Å². The summed E-state index contributed by atoms with van der Waals surface area (Å²) in [5, 5.41) is 0.469. The van der Waals surface area contributed by atoms with Crippen LogP contribution in [0.3, 0.4) is 0 Å². The Morgan fingerprint density at radius 2 is 1.76 bits per heavy atom. The molecule has 0 saturated carbocycles. The van der Waals surface area contributed by atoms with Crippen molar-refractivity contribution < 1.29 is 14.3 Å². The number of aromatic nitrogens is 1. The van der Waals surface area contributed by atoms with E-state index in [2.05, 4.69) is 0 Å². The zero-order valence-electron chi connectivity index (χ0n) is 17.5. The van der Waals surface area contributed by atoms with Crippen LogP contribution in [0.15, 0.2) is 24.3 Å². The summed E-state index contributed by atoms with van der Waals surface area (Å²) < 4.78 is 5.47. The highest BCUT2D eigenvalue weighted by atomic mass is 35.5. The molecule has 0 fully saturated rings. The molecular weight excluding hydrogens is 406 g/mol. The molecule has 0 spiro atoms. The molecule has 2 aromatic rings. The predicted molar refractivity (Wildman–Crippen MR) is 121 cm³/mol. The number of aryl methyl sites for hydroxylation is 1. The molecule has 0 aliphatic heterocycles. The number of pyridine rings is 1. The van der Waals surface area contributed by atoms with Gasteiger partial charge in [0.05, 0.1) is 29.1 Å². The number of benzene rings is 1. The number of ether oxygens (including phenoxy) is 1. The fraction of sp³-hybridized carbons (Fsp3) is 0.435. The number of carbonyl (C=O) groups is 2. The first-order valence-electron chi connectivity index (χ1n) is 10.1. The summed E-state index contributed by atoms with van der Waals surface area (Å²) in [6, 6.07) is 7.31. The summed E-state index contributed by atoms with van der Waals surface area (Å²) in [6.45, 7) is 8.21. The number of nitrogens with zero attached hydrogens (tertiary/aromatic N) is 1. The molecule has 0 aliphatic carbocycles. The number of esters is 1. The minimum Gasteiger partial charge on any atom is -0.462 e. The summed E-state index contributed by atoms with van der Waals surface area (Å²) in [6.07, 6.45) is 2.73. The Morgan fingerprint density at radius 3 is 2.34 bits per heavy atom. The quantitative estimate of drug-likeness (QED) is 0.429. The van der Waals surface area contributed by atoms with Gasteiger partial charge in [0.2, 0.25) is 5.12 Å². The summed E-state index contributed by atoms with van der Waals surface area (Å²) in [4.78, 5) is 30.8. The Labute approximate surface area is 182 Å². The summed E-state index contributed by atoms with van der Waals surface area (Å²) in [5.74, 6) is 0.274. The number of halogens is 1. The van der Waals surface area contributed by atoms with Crippen LogP contribution >= 0.6 is 23.4 Å². The average Bonchev–Trinajstić information content (AvgIpc) is 2.74. The fourth-order valence-corrected chi connectivity index (χ4v) is 4.14.